The molecule has 4 heterocycles. The van der Waals surface area contributed by atoms with E-state index in [0.29, 0.717) is 29.8 Å². The Morgan fingerprint density at radius 3 is 2.50 bits per heavy atom. The number of rotatable bonds is 3. The molecule has 0 radical (unpaired) electrons. The fourth-order valence-electron chi connectivity index (χ4n) is 4.10. The third-order valence-electron chi connectivity index (χ3n) is 5.36. The van der Waals surface area contributed by atoms with Crippen LogP contribution in [-0.2, 0) is 12.6 Å². The highest BCUT2D eigenvalue weighted by atomic mass is 32.1. The summed E-state index contributed by atoms with van der Waals surface area (Å²) < 4.78 is 42.1. The summed E-state index contributed by atoms with van der Waals surface area (Å²) in [6, 6.07) is 6.04. The summed E-state index contributed by atoms with van der Waals surface area (Å²) in [5, 5.41) is 4.01. The number of likely N-dealkylation sites (tertiary alicyclic amines) is 1. The van der Waals surface area contributed by atoms with Gasteiger partial charge in [0.25, 0.3) is 5.91 Å². The molecule has 1 aliphatic rings. The Bertz CT molecular complexity index is 1080. The van der Waals surface area contributed by atoms with Crippen LogP contribution in [0.3, 0.4) is 0 Å². The molecular formula is C21H23F3N4OS. The number of amides is 1. The zero-order valence-electron chi connectivity index (χ0n) is 17.0. The molecule has 30 heavy (non-hydrogen) atoms. The van der Waals surface area contributed by atoms with Crippen molar-refractivity contribution >= 4 is 22.9 Å². The normalized spacial score (nSPS) is 20.1. The third kappa shape index (κ3) is 3.95. The van der Waals surface area contributed by atoms with Crippen molar-refractivity contribution in [1.82, 2.24) is 19.5 Å². The summed E-state index contributed by atoms with van der Waals surface area (Å²) in [5.41, 5.74) is -0.688. The lowest BCUT2D eigenvalue weighted by atomic mass is 9.92. The van der Waals surface area contributed by atoms with E-state index in [9.17, 15) is 18.0 Å². The molecule has 1 fully saturated rings. The number of carbonyl (C=O) groups excluding carboxylic acids is 1. The molecule has 0 saturated carbocycles. The van der Waals surface area contributed by atoms with E-state index >= 15 is 0 Å². The van der Waals surface area contributed by atoms with E-state index in [4.69, 9.17) is 0 Å². The van der Waals surface area contributed by atoms with Crippen molar-refractivity contribution in [2.75, 3.05) is 13.1 Å². The average molecular weight is 437 g/mol. The van der Waals surface area contributed by atoms with Crippen LogP contribution in [-0.4, -0.2) is 38.5 Å². The number of aromatic nitrogens is 3. The minimum Gasteiger partial charge on any atom is -0.337 e. The third-order valence-corrected chi connectivity index (χ3v) is 6.61. The van der Waals surface area contributed by atoms with Crippen LogP contribution in [0.5, 0.6) is 0 Å². The highest BCUT2D eigenvalue weighted by molar-refractivity contribution is 7.15. The monoisotopic (exact) mass is 436 g/mol. The fraction of sp³-hybridized carbons (Fsp3) is 0.476. The van der Waals surface area contributed by atoms with Crippen LogP contribution in [0, 0.1) is 11.8 Å². The molecule has 1 amide bonds. The van der Waals surface area contributed by atoms with Gasteiger partial charge in [0.2, 0.25) is 0 Å². The molecule has 160 valence electrons. The first kappa shape index (κ1) is 20.8. The van der Waals surface area contributed by atoms with Gasteiger partial charge in [-0.25, -0.2) is 9.50 Å². The zero-order valence-corrected chi connectivity index (χ0v) is 17.8. The summed E-state index contributed by atoms with van der Waals surface area (Å²) in [6.07, 6.45) is -2.79. The van der Waals surface area contributed by atoms with Crippen molar-refractivity contribution in [3.63, 3.8) is 0 Å². The van der Waals surface area contributed by atoms with Crippen LogP contribution < -0.4 is 0 Å². The van der Waals surface area contributed by atoms with E-state index in [2.05, 4.69) is 23.9 Å². The topological polar surface area (TPSA) is 50.5 Å². The summed E-state index contributed by atoms with van der Waals surface area (Å²) >= 11 is 1.42. The first-order valence-electron chi connectivity index (χ1n) is 10.0. The number of aryl methyl sites for hydroxylation is 1. The summed E-state index contributed by atoms with van der Waals surface area (Å²) in [7, 11) is 0. The SMILES string of the molecule is CCc1ccc(-c2cc(C(F)(F)F)n3nc(C(=O)N4C[C@H](C)C[C@@H](C)C4)cc3n2)s1. The second-order valence-electron chi connectivity index (χ2n) is 8.10. The number of piperidine rings is 1. The molecule has 4 rings (SSSR count). The first-order valence-corrected chi connectivity index (χ1v) is 10.8. The van der Waals surface area contributed by atoms with E-state index in [0.717, 1.165) is 28.3 Å². The minimum atomic E-state index is -4.62. The molecule has 0 aliphatic carbocycles. The summed E-state index contributed by atoms with van der Waals surface area (Å²) in [6.45, 7) is 7.29. The lowest BCUT2D eigenvalue weighted by Crippen LogP contribution is -2.42. The smallest absolute Gasteiger partial charge is 0.337 e. The molecule has 9 heteroatoms. The molecule has 3 aromatic rings. The van der Waals surface area contributed by atoms with Gasteiger partial charge in [0, 0.05) is 24.0 Å². The minimum absolute atomic E-state index is 0.00752. The second kappa shape index (κ2) is 7.68. The predicted molar refractivity (Wildman–Crippen MR) is 110 cm³/mol. The van der Waals surface area contributed by atoms with Crippen molar-refractivity contribution in [3.05, 3.63) is 40.5 Å². The standard InChI is InChI=1S/C21H23F3N4OS/c1-4-14-5-6-17(30-14)15-8-18(21(22,23)24)28-19(25-15)9-16(26-28)20(29)27-10-12(2)7-13(3)11-27/h5-6,8-9,12-13H,4,7,10-11H2,1-3H3/t12-,13-/m1/s1. The maximum absolute atomic E-state index is 13.8. The molecule has 0 unspecified atom stereocenters. The van der Waals surface area contributed by atoms with Crippen molar-refractivity contribution in [1.29, 1.82) is 0 Å². The Kier molecular flexibility index (Phi) is 5.34. The molecule has 1 saturated heterocycles. The van der Waals surface area contributed by atoms with Gasteiger partial charge in [0.05, 0.1) is 10.6 Å². The molecule has 5 nitrogen and oxygen atoms in total. The van der Waals surface area contributed by atoms with E-state index in [-0.39, 0.29) is 22.9 Å². The predicted octanol–water partition coefficient (Wildman–Crippen LogP) is 5.16. The summed E-state index contributed by atoms with van der Waals surface area (Å²) in [5.74, 6) is 0.339. The van der Waals surface area contributed by atoms with Crippen LogP contribution in [0.25, 0.3) is 16.2 Å². The Balaban J connectivity index is 1.78. The lowest BCUT2D eigenvalue weighted by molar-refractivity contribution is -0.142. The van der Waals surface area contributed by atoms with E-state index in [1.54, 1.807) is 11.0 Å². The highest BCUT2D eigenvalue weighted by Crippen LogP contribution is 2.34. The Hall–Kier alpha value is -2.42. The quantitative estimate of drug-likeness (QED) is 0.570. The van der Waals surface area contributed by atoms with Gasteiger partial charge >= 0.3 is 6.18 Å². The van der Waals surface area contributed by atoms with Crippen molar-refractivity contribution in [2.45, 2.75) is 39.8 Å². The average Bonchev–Trinajstić information content (AvgIpc) is 3.31. The van der Waals surface area contributed by atoms with Crippen LogP contribution in [0.15, 0.2) is 24.3 Å². The van der Waals surface area contributed by atoms with Gasteiger partial charge in [-0.05, 0) is 42.9 Å². The molecule has 0 aromatic carbocycles. The van der Waals surface area contributed by atoms with E-state index in [1.807, 2.05) is 13.0 Å². The van der Waals surface area contributed by atoms with E-state index in [1.165, 1.54) is 17.4 Å². The Morgan fingerprint density at radius 2 is 1.90 bits per heavy atom. The number of nitrogens with zero attached hydrogens (tertiary/aromatic N) is 4. The van der Waals surface area contributed by atoms with Crippen LogP contribution in [0.2, 0.25) is 0 Å². The van der Waals surface area contributed by atoms with Crippen LogP contribution in [0.1, 0.15) is 48.3 Å². The second-order valence-corrected chi connectivity index (χ2v) is 9.27. The maximum Gasteiger partial charge on any atom is 0.433 e. The molecule has 1 aliphatic heterocycles. The molecule has 0 spiro atoms. The maximum atomic E-state index is 13.8. The number of halogens is 3. The van der Waals surface area contributed by atoms with Gasteiger partial charge in [0.15, 0.2) is 17.0 Å². The van der Waals surface area contributed by atoms with Gasteiger partial charge in [0.1, 0.15) is 0 Å². The molecular weight excluding hydrogens is 413 g/mol. The highest BCUT2D eigenvalue weighted by Gasteiger charge is 2.36. The van der Waals surface area contributed by atoms with Gasteiger partial charge in [-0.2, -0.15) is 18.3 Å². The van der Waals surface area contributed by atoms with E-state index < -0.39 is 11.9 Å². The fourth-order valence-corrected chi connectivity index (χ4v) is 5.01. The van der Waals surface area contributed by atoms with Gasteiger partial charge < -0.3 is 4.90 Å². The molecule has 0 bridgehead atoms. The summed E-state index contributed by atoms with van der Waals surface area (Å²) in [4.78, 5) is 20.8. The van der Waals surface area contributed by atoms with Crippen LogP contribution in [0.4, 0.5) is 13.2 Å². The largest absolute Gasteiger partial charge is 0.433 e. The van der Waals surface area contributed by atoms with Crippen molar-refractivity contribution < 1.29 is 18.0 Å². The van der Waals surface area contributed by atoms with Gasteiger partial charge in [-0.3, -0.25) is 4.79 Å². The number of alkyl halides is 3. The first-order chi connectivity index (χ1) is 14.2. The Labute approximate surface area is 176 Å². The molecule has 2 atom stereocenters. The van der Waals surface area contributed by atoms with Gasteiger partial charge in [-0.15, -0.1) is 11.3 Å². The number of fused-ring (bicyclic) bond motifs is 1. The van der Waals surface area contributed by atoms with Gasteiger partial charge in [-0.1, -0.05) is 20.8 Å². The lowest BCUT2D eigenvalue weighted by Gasteiger charge is -2.34. The van der Waals surface area contributed by atoms with Crippen molar-refractivity contribution in [2.24, 2.45) is 11.8 Å². The van der Waals surface area contributed by atoms with Crippen LogP contribution >= 0.6 is 11.3 Å². The Morgan fingerprint density at radius 1 is 1.20 bits per heavy atom. The number of hydrogen-bond donors (Lipinski definition) is 0. The molecule has 3 aromatic heterocycles. The zero-order chi connectivity index (χ0) is 21.6. The molecule has 0 N–H and O–H groups in total. The number of thiophene rings is 1. The number of hydrogen-bond acceptors (Lipinski definition) is 4. The van der Waals surface area contributed by atoms with Crippen molar-refractivity contribution in [3.8, 4) is 10.6 Å². The number of carbonyl (C=O) groups is 1.